The lowest BCUT2D eigenvalue weighted by molar-refractivity contribution is -0.137. The molecule has 0 bridgehead atoms. The third-order valence-corrected chi connectivity index (χ3v) is 8.46. The minimum absolute atomic E-state index is 0.105. The fraction of sp³-hybridized carbons (Fsp3) is 0.174. The van der Waals surface area contributed by atoms with Gasteiger partial charge in [-0.1, -0.05) is 12.1 Å². The Morgan fingerprint density at radius 2 is 1.77 bits per heavy atom. The Morgan fingerprint density at radius 3 is 2.43 bits per heavy atom. The normalized spacial score (nSPS) is 12.3. The molecule has 0 radical (unpaired) electrons. The summed E-state index contributed by atoms with van der Waals surface area (Å²) in [6.07, 6.45) is -3.57. The van der Waals surface area contributed by atoms with Gasteiger partial charge in [0.2, 0.25) is 0 Å². The number of thiophene rings is 1. The van der Waals surface area contributed by atoms with Gasteiger partial charge in [0.1, 0.15) is 5.56 Å². The summed E-state index contributed by atoms with van der Waals surface area (Å²) in [6, 6.07) is 12.8. The number of carboxylic acids is 1. The summed E-state index contributed by atoms with van der Waals surface area (Å²) >= 11 is 1.16. The first-order valence-corrected chi connectivity index (χ1v) is 12.6. The van der Waals surface area contributed by atoms with Gasteiger partial charge in [-0.15, -0.1) is 11.3 Å². The Bertz CT molecular complexity index is 1520. The van der Waals surface area contributed by atoms with Gasteiger partial charge in [-0.3, -0.25) is 0 Å². The van der Waals surface area contributed by atoms with Gasteiger partial charge in [-0.25, -0.2) is 22.9 Å². The van der Waals surface area contributed by atoms with Crippen molar-refractivity contribution in [3.8, 4) is 26.8 Å². The number of rotatable bonds is 6. The van der Waals surface area contributed by atoms with Crippen LogP contribution in [0.1, 0.15) is 29.9 Å². The van der Waals surface area contributed by atoms with Gasteiger partial charge in [0.05, 0.1) is 20.7 Å². The van der Waals surface area contributed by atoms with Crippen LogP contribution in [0.2, 0.25) is 0 Å². The standard InChI is InChI=1S/C23H18F3N3O4S2/c1-13(2)35(32,33)15-6-3-5-14(11-15)19-8-9-20(34-19)18-12-17(22(30)31)28-29(18)21-16(23(24,25)26)7-4-10-27-21/h3-13H,1-2H3,(H,30,31). The molecule has 0 amide bonds. The molecule has 3 aromatic heterocycles. The number of sulfone groups is 1. The highest BCUT2D eigenvalue weighted by Crippen LogP contribution is 2.38. The molecule has 1 N–H and O–H groups in total. The molecule has 12 heteroatoms. The second-order valence-corrected chi connectivity index (χ2v) is 11.4. The second kappa shape index (κ2) is 8.93. The summed E-state index contributed by atoms with van der Waals surface area (Å²) in [5.41, 5.74) is -0.807. The molecule has 0 atom stereocenters. The van der Waals surface area contributed by atoms with Gasteiger partial charge in [0, 0.05) is 17.1 Å². The Labute approximate surface area is 202 Å². The zero-order chi connectivity index (χ0) is 25.5. The number of aromatic nitrogens is 3. The molecule has 0 fully saturated rings. The summed E-state index contributed by atoms with van der Waals surface area (Å²) in [4.78, 5) is 16.6. The van der Waals surface area contributed by atoms with E-state index in [1.54, 1.807) is 38.1 Å². The quantitative estimate of drug-likeness (QED) is 0.356. The van der Waals surface area contributed by atoms with E-state index in [2.05, 4.69) is 10.1 Å². The summed E-state index contributed by atoms with van der Waals surface area (Å²) in [5, 5.41) is 12.7. The number of halogens is 3. The van der Waals surface area contributed by atoms with Crippen molar-refractivity contribution < 1.29 is 31.5 Å². The van der Waals surface area contributed by atoms with E-state index in [0.29, 0.717) is 15.3 Å². The summed E-state index contributed by atoms with van der Waals surface area (Å²) < 4.78 is 66.8. The molecule has 182 valence electrons. The van der Waals surface area contributed by atoms with E-state index < -0.39 is 44.3 Å². The van der Waals surface area contributed by atoms with Gasteiger partial charge in [0.25, 0.3) is 0 Å². The number of benzene rings is 1. The number of carbonyl (C=O) groups is 1. The monoisotopic (exact) mass is 521 g/mol. The fourth-order valence-corrected chi connectivity index (χ4v) is 5.45. The van der Waals surface area contributed by atoms with E-state index in [1.165, 1.54) is 18.2 Å². The smallest absolute Gasteiger partial charge is 0.420 e. The average molecular weight is 522 g/mol. The molecule has 35 heavy (non-hydrogen) atoms. The van der Waals surface area contributed by atoms with Crippen molar-refractivity contribution in [3.63, 3.8) is 0 Å². The van der Waals surface area contributed by atoms with Crippen LogP contribution in [-0.2, 0) is 16.0 Å². The van der Waals surface area contributed by atoms with Gasteiger partial charge in [-0.05, 0) is 55.8 Å². The molecule has 4 aromatic rings. The number of carboxylic acid groups (broad SMARTS) is 1. The zero-order valence-corrected chi connectivity index (χ0v) is 19.9. The lowest BCUT2D eigenvalue weighted by atomic mass is 10.2. The van der Waals surface area contributed by atoms with Crippen LogP contribution in [0.15, 0.2) is 65.7 Å². The molecule has 0 aliphatic carbocycles. The number of alkyl halides is 3. The predicted molar refractivity (Wildman–Crippen MR) is 124 cm³/mol. The van der Waals surface area contributed by atoms with E-state index >= 15 is 0 Å². The Balaban J connectivity index is 1.84. The molecule has 0 aliphatic heterocycles. The number of hydrogen-bond acceptors (Lipinski definition) is 6. The Kier molecular flexibility index (Phi) is 6.28. The number of aromatic carboxylic acids is 1. The minimum Gasteiger partial charge on any atom is -0.476 e. The minimum atomic E-state index is -4.74. The molecular formula is C23H18F3N3O4S2. The van der Waals surface area contributed by atoms with Crippen LogP contribution in [-0.4, -0.2) is 39.5 Å². The van der Waals surface area contributed by atoms with Crippen molar-refractivity contribution in [1.82, 2.24) is 14.8 Å². The van der Waals surface area contributed by atoms with Crippen LogP contribution < -0.4 is 0 Å². The van der Waals surface area contributed by atoms with E-state index in [4.69, 9.17) is 0 Å². The van der Waals surface area contributed by atoms with Crippen LogP contribution in [0, 0.1) is 0 Å². The molecule has 0 saturated heterocycles. The number of pyridine rings is 1. The number of nitrogens with zero attached hydrogens (tertiary/aromatic N) is 3. The van der Waals surface area contributed by atoms with E-state index in [1.807, 2.05) is 0 Å². The summed E-state index contributed by atoms with van der Waals surface area (Å²) in [5.74, 6) is -1.96. The topological polar surface area (TPSA) is 102 Å². The van der Waals surface area contributed by atoms with Crippen LogP contribution in [0.3, 0.4) is 0 Å². The van der Waals surface area contributed by atoms with Crippen molar-refractivity contribution in [2.45, 2.75) is 30.2 Å². The first-order chi connectivity index (χ1) is 16.4. The second-order valence-electron chi connectivity index (χ2n) is 7.79. The molecule has 7 nitrogen and oxygen atoms in total. The van der Waals surface area contributed by atoms with Crippen LogP contribution >= 0.6 is 11.3 Å². The first kappa shape index (κ1) is 24.6. The maximum Gasteiger partial charge on any atom is 0.420 e. The van der Waals surface area contributed by atoms with E-state index in [-0.39, 0.29) is 10.6 Å². The fourth-order valence-electron chi connectivity index (χ4n) is 3.34. The largest absolute Gasteiger partial charge is 0.476 e. The predicted octanol–water partition coefficient (Wildman–Crippen LogP) is 5.56. The summed E-state index contributed by atoms with van der Waals surface area (Å²) in [7, 11) is -3.51. The molecule has 1 aromatic carbocycles. The van der Waals surface area contributed by atoms with Gasteiger partial charge in [-0.2, -0.15) is 18.3 Å². The molecule has 3 heterocycles. The lowest BCUT2D eigenvalue weighted by Crippen LogP contribution is -2.14. The molecule has 0 unspecified atom stereocenters. The van der Waals surface area contributed by atoms with Gasteiger partial charge >= 0.3 is 12.1 Å². The molecule has 0 aliphatic rings. The van der Waals surface area contributed by atoms with Crippen molar-refractivity contribution in [3.05, 3.63) is 72.1 Å². The van der Waals surface area contributed by atoms with Crippen molar-refractivity contribution in [2.24, 2.45) is 0 Å². The van der Waals surface area contributed by atoms with Crippen molar-refractivity contribution in [2.75, 3.05) is 0 Å². The number of hydrogen-bond donors (Lipinski definition) is 1. The van der Waals surface area contributed by atoms with Gasteiger partial charge < -0.3 is 5.11 Å². The zero-order valence-electron chi connectivity index (χ0n) is 18.3. The van der Waals surface area contributed by atoms with Crippen LogP contribution in [0.4, 0.5) is 13.2 Å². The molecule has 0 saturated carbocycles. The average Bonchev–Trinajstić information content (AvgIpc) is 3.46. The van der Waals surface area contributed by atoms with Crippen molar-refractivity contribution >= 4 is 27.1 Å². The Hall–Kier alpha value is -3.51. The summed E-state index contributed by atoms with van der Waals surface area (Å²) in [6.45, 7) is 3.17. The van der Waals surface area contributed by atoms with Crippen LogP contribution in [0.25, 0.3) is 26.8 Å². The third kappa shape index (κ3) is 4.71. The first-order valence-electron chi connectivity index (χ1n) is 10.2. The van der Waals surface area contributed by atoms with Crippen LogP contribution in [0.5, 0.6) is 0 Å². The Morgan fingerprint density at radius 1 is 1.06 bits per heavy atom. The van der Waals surface area contributed by atoms with E-state index in [0.717, 1.165) is 34.3 Å². The maximum atomic E-state index is 13.6. The highest BCUT2D eigenvalue weighted by molar-refractivity contribution is 7.92. The van der Waals surface area contributed by atoms with Gasteiger partial charge in [0.15, 0.2) is 21.3 Å². The van der Waals surface area contributed by atoms with E-state index in [9.17, 15) is 31.5 Å². The van der Waals surface area contributed by atoms with Crippen molar-refractivity contribution in [1.29, 1.82) is 0 Å². The molecule has 0 spiro atoms. The highest BCUT2D eigenvalue weighted by atomic mass is 32.2. The SMILES string of the molecule is CC(C)S(=O)(=O)c1cccc(-c2ccc(-c3cc(C(=O)O)nn3-c3ncccc3C(F)(F)F)s2)c1. The molecular weight excluding hydrogens is 503 g/mol. The maximum absolute atomic E-state index is 13.6. The highest BCUT2D eigenvalue weighted by Gasteiger charge is 2.36. The lowest BCUT2D eigenvalue weighted by Gasteiger charge is -2.13. The molecule has 4 rings (SSSR count). The third-order valence-electron chi connectivity index (χ3n) is 5.15.